The zero-order valence-electron chi connectivity index (χ0n) is 7.00. The van der Waals surface area contributed by atoms with E-state index in [4.69, 9.17) is 10.2 Å². The van der Waals surface area contributed by atoms with Gasteiger partial charge in [-0.1, -0.05) is 0 Å². The molecule has 1 aliphatic carbocycles. The number of hydrogen-bond acceptors (Lipinski definition) is 2. The molecular weight excluding hydrogens is 224 g/mol. The van der Waals surface area contributed by atoms with Crippen molar-refractivity contribution in [1.29, 1.82) is 0 Å². The molecule has 5 heteroatoms. The van der Waals surface area contributed by atoms with Crippen molar-refractivity contribution in [2.75, 3.05) is 0 Å². The van der Waals surface area contributed by atoms with Gasteiger partial charge < -0.3 is 10.2 Å². The average molecular weight is 236 g/mol. The molecule has 0 aromatic heterocycles. The summed E-state index contributed by atoms with van der Waals surface area (Å²) < 4.78 is 0. The summed E-state index contributed by atoms with van der Waals surface area (Å²) in [4.78, 5) is 21.0. The first kappa shape index (κ1) is 12.5. The summed E-state index contributed by atoms with van der Waals surface area (Å²) >= 11 is 0. The molecule has 1 radical (unpaired) electrons. The minimum absolute atomic E-state index is 0. The quantitative estimate of drug-likeness (QED) is 0.700. The molecule has 0 bridgehead atoms. The second-order valence-corrected chi connectivity index (χ2v) is 3.23. The molecule has 0 saturated heterocycles. The molecule has 13 heavy (non-hydrogen) atoms. The van der Waals surface area contributed by atoms with Gasteiger partial charge >= 0.3 is 11.9 Å². The Morgan fingerprint density at radius 1 is 0.846 bits per heavy atom. The fourth-order valence-electron chi connectivity index (χ4n) is 1.59. The van der Waals surface area contributed by atoms with Crippen LogP contribution in [0, 0.1) is 11.8 Å². The Morgan fingerprint density at radius 3 is 1.23 bits per heavy atom. The zero-order valence-corrected chi connectivity index (χ0v) is 7.94. The van der Waals surface area contributed by atoms with E-state index in [0.717, 1.165) is 0 Å². The number of rotatable bonds is 2. The first-order valence-corrected chi connectivity index (χ1v) is 4.07. The number of carboxylic acids is 2. The predicted octanol–water partition coefficient (Wildman–Crippen LogP) is 0.959. The number of carbonyl (C=O) groups is 2. The van der Waals surface area contributed by atoms with E-state index >= 15 is 0 Å². The van der Waals surface area contributed by atoms with Crippen LogP contribution in [0.25, 0.3) is 0 Å². The summed E-state index contributed by atoms with van der Waals surface area (Å²) in [6, 6.07) is 0. The summed E-state index contributed by atoms with van der Waals surface area (Å²) in [7, 11) is 0. The van der Waals surface area contributed by atoms with Gasteiger partial charge in [0.05, 0.1) is 11.8 Å². The largest absolute Gasteiger partial charge is 0.481 e. The van der Waals surface area contributed by atoms with E-state index in [9.17, 15) is 9.59 Å². The minimum atomic E-state index is -0.793. The number of aliphatic carboxylic acids is 2. The fourth-order valence-corrected chi connectivity index (χ4v) is 1.59. The van der Waals surface area contributed by atoms with Crippen molar-refractivity contribution in [3.05, 3.63) is 0 Å². The summed E-state index contributed by atoms with van der Waals surface area (Å²) in [5.41, 5.74) is 0. The number of carboxylic acid groups (broad SMARTS) is 2. The standard InChI is InChI=1S/C8H12O4.Cu/c9-7(10)5-1-2-6(4-3-5)8(11)12;/h5-6H,1-4H2,(H,9,10)(H,11,12);. The maximum Gasteiger partial charge on any atom is 0.306 e. The van der Waals surface area contributed by atoms with Gasteiger partial charge in [0, 0.05) is 17.1 Å². The van der Waals surface area contributed by atoms with Crippen LogP contribution in [-0.4, -0.2) is 22.2 Å². The monoisotopic (exact) mass is 235 g/mol. The van der Waals surface area contributed by atoms with Gasteiger partial charge in [0.2, 0.25) is 0 Å². The predicted molar refractivity (Wildman–Crippen MR) is 40.7 cm³/mol. The molecule has 0 amide bonds. The maximum absolute atomic E-state index is 10.5. The van der Waals surface area contributed by atoms with Crippen LogP contribution in [0.4, 0.5) is 0 Å². The second kappa shape index (κ2) is 5.25. The van der Waals surface area contributed by atoms with Crippen LogP contribution in [-0.2, 0) is 26.7 Å². The molecule has 1 saturated carbocycles. The molecule has 1 rings (SSSR count). The van der Waals surface area contributed by atoms with Gasteiger partial charge in [-0.05, 0) is 25.7 Å². The SMILES string of the molecule is O=C(O)C1CCC(C(=O)O)CC1.[Cu]. The first-order chi connectivity index (χ1) is 5.61. The fraction of sp³-hybridized carbons (Fsp3) is 0.750. The zero-order chi connectivity index (χ0) is 9.14. The van der Waals surface area contributed by atoms with Crippen molar-refractivity contribution in [3.63, 3.8) is 0 Å². The van der Waals surface area contributed by atoms with Gasteiger partial charge in [0.1, 0.15) is 0 Å². The molecule has 0 aromatic rings. The van der Waals surface area contributed by atoms with E-state index < -0.39 is 11.9 Å². The molecular formula is C8H12CuO4. The Hall–Kier alpha value is -0.541. The Kier molecular flexibility index (Phi) is 5.03. The van der Waals surface area contributed by atoms with E-state index in [1.54, 1.807) is 0 Å². The molecule has 1 fully saturated rings. The first-order valence-electron chi connectivity index (χ1n) is 4.07. The molecule has 0 spiro atoms. The summed E-state index contributed by atoms with van der Waals surface area (Å²) in [5.74, 6) is -2.22. The van der Waals surface area contributed by atoms with Crippen molar-refractivity contribution < 1.29 is 36.9 Å². The van der Waals surface area contributed by atoms with E-state index in [1.165, 1.54) is 0 Å². The summed E-state index contributed by atoms with van der Waals surface area (Å²) in [6.07, 6.45) is 2.03. The third-order valence-electron chi connectivity index (χ3n) is 2.43. The van der Waals surface area contributed by atoms with Crippen LogP contribution in [0.1, 0.15) is 25.7 Å². The van der Waals surface area contributed by atoms with Crippen LogP contribution >= 0.6 is 0 Å². The molecule has 0 heterocycles. The van der Waals surface area contributed by atoms with Gasteiger partial charge in [-0.15, -0.1) is 0 Å². The van der Waals surface area contributed by atoms with Gasteiger partial charge in [0.15, 0.2) is 0 Å². The Bertz CT molecular complexity index is 174. The molecule has 79 valence electrons. The summed E-state index contributed by atoms with van der Waals surface area (Å²) in [6.45, 7) is 0. The van der Waals surface area contributed by atoms with Crippen molar-refractivity contribution in [3.8, 4) is 0 Å². The van der Waals surface area contributed by atoms with Crippen molar-refractivity contribution in [1.82, 2.24) is 0 Å². The van der Waals surface area contributed by atoms with E-state index in [-0.39, 0.29) is 28.9 Å². The summed E-state index contributed by atoms with van der Waals surface area (Å²) in [5, 5.41) is 17.2. The smallest absolute Gasteiger partial charge is 0.306 e. The normalized spacial score (nSPS) is 27.4. The van der Waals surface area contributed by atoms with Crippen LogP contribution in [0.3, 0.4) is 0 Å². The van der Waals surface area contributed by atoms with Crippen molar-refractivity contribution >= 4 is 11.9 Å². The molecule has 2 N–H and O–H groups in total. The Balaban J connectivity index is 0.00000144. The van der Waals surface area contributed by atoms with Gasteiger partial charge in [-0.25, -0.2) is 0 Å². The van der Waals surface area contributed by atoms with Crippen LogP contribution < -0.4 is 0 Å². The average Bonchev–Trinajstić information content (AvgIpc) is 2.04. The molecule has 0 aromatic carbocycles. The molecule has 0 atom stereocenters. The third-order valence-corrected chi connectivity index (χ3v) is 2.43. The van der Waals surface area contributed by atoms with Crippen LogP contribution in [0.5, 0.6) is 0 Å². The van der Waals surface area contributed by atoms with E-state index in [1.807, 2.05) is 0 Å². The Labute approximate surface area is 86.8 Å². The van der Waals surface area contributed by atoms with Gasteiger partial charge in [-0.3, -0.25) is 9.59 Å². The third kappa shape index (κ3) is 3.36. The van der Waals surface area contributed by atoms with Crippen molar-refractivity contribution in [2.24, 2.45) is 11.8 Å². The topological polar surface area (TPSA) is 74.6 Å². The molecule has 1 aliphatic rings. The van der Waals surface area contributed by atoms with E-state index in [2.05, 4.69) is 0 Å². The minimum Gasteiger partial charge on any atom is -0.481 e. The van der Waals surface area contributed by atoms with Gasteiger partial charge in [-0.2, -0.15) is 0 Å². The van der Waals surface area contributed by atoms with Gasteiger partial charge in [0.25, 0.3) is 0 Å². The number of hydrogen-bond donors (Lipinski definition) is 2. The molecule has 4 nitrogen and oxygen atoms in total. The van der Waals surface area contributed by atoms with E-state index in [0.29, 0.717) is 25.7 Å². The molecule has 0 unspecified atom stereocenters. The van der Waals surface area contributed by atoms with Crippen LogP contribution in [0.15, 0.2) is 0 Å². The Morgan fingerprint density at radius 2 is 1.08 bits per heavy atom. The molecule has 0 aliphatic heterocycles. The van der Waals surface area contributed by atoms with Crippen LogP contribution in [0.2, 0.25) is 0 Å². The second-order valence-electron chi connectivity index (χ2n) is 3.23. The van der Waals surface area contributed by atoms with Crippen molar-refractivity contribution in [2.45, 2.75) is 25.7 Å². The maximum atomic E-state index is 10.5.